The molecule has 0 bridgehead atoms. The van der Waals surface area contributed by atoms with Crippen LogP contribution in [0.3, 0.4) is 0 Å². The smallest absolute Gasteiger partial charge is 0.274 e. The third kappa shape index (κ3) is 3.55. The summed E-state index contributed by atoms with van der Waals surface area (Å²) >= 11 is 0. The molecule has 0 aliphatic carbocycles. The maximum absolute atomic E-state index is 12.6. The zero-order valence-corrected chi connectivity index (χ0v) is 15.0. The van der Waals surface area contributed by atoms with Crippen LogP contribution in [0.15, 0.2) is 30.7 Å². The standard InChI is InChI=1S/C18H24N6O2/c1-23-9-3-15(22-23)16(25)24-10-5-18(6-11-24)13-14(4-12-26-18)21-17-19-7-2-8-20-17/h2-3,7-9,14H,4-6,10-13H2,1H3,(H,19,20,21)/t14-/m0/s1. The number of nitrogens with zero attached hydrogens (tertiary/aromatic N) is 5. The average Bonchev–Trinajstić information content (AvgIpc) is 3.09. The summed E-state index contributed by atoms with van der Waals surface area (Å²) in [6, 6.07) is 3.87. The van der Waals surface area contributed by atoms with Gasteiger partial charge in [0.25, 0.3) is 5.91 Å². The van der Waals surface area contributed by atoms with Crippen molar-refractivity contribution < 1.29 is 9.53 Å². The zero-order valence-electron chi connectivity index (χ0n) is 15.0. The van der Waals surface area contributed by atoms with Gasteiger partial charge in [0.05, 0.1) is 5.60 Å². The van der Waals surface area contributed by atoms with Crippen molar-refractivity contribution in [3.8, 4) is 0 Å². The molecule has 138 valence electrons. The number of nitrogens with one attached hydrogen (secondary N) is 1. The lowest BCUT2D eigenvalue weighted by molar-refractivity contribution is -0.110. The van der Waals surface area contributed by atoms with Crippen molar-refractivity contribution in [2.75, 3.05) is 25.0 Å². The molecule has 1 amide bonds. The Bertz CT molecular complexity index is 754. The topological polar surface area (TPSA) is 85.2 Å². The van der Waals surface area contributed by atoms with Crippen LogP contribution in [0.25, 0.3) is 0 Å². The highest BCUT2D eigenvalue weighted by atomic mass is 16.5. The predicted molar refractivity (Wildman–Crippen MR) is 95.7 cm³/mol. The number of rotatable bonds is 3. The Labute approximate surface area is 152 Å². The van der Waals surface area contributed by atoms with Gasteiger partial charge in [0, 0.05) is 51.4 Å². The molecule has 1 atom stereocenters. The van der Waals surface area contributed by atoms with Crippen LogP contribution in [0, 0.1) is 0 Å². The second-order valence-corrected chi connectivity index (χ2v) is 7.10. The van der Waals surface area contributed by atoms with Crippen LogP contribution in [0.4, 0.5) is 5.95 Å². The minimum Gasteiger partial charge on any atom is -0.375 e. The molecule has 8 heteroatoms. The number of piperidine rings is 1. The molecule has 4 rings (SSSR count). The SMILES string of the molecule is Cn1ccc(C(=O)N2CCC3(CC2)C[C@@H](Nc2ncccn2)CCO3)n1. The summed E-state index contributed by atoms with van der Waals surface area (Å²) in [4.78, 5) is 23.0. The second kappa shape index (κ2) is 7.03. The van der Waals surface area contributed by atoms with Crippen molar-refractivity contribution >= 4 is 11.9 Å². The molecule has 4 heterocycles. The van der Waals surface area contributed by atoms with Crippen LogP contribution in [0.1, 0.15) is 36.2 Å². The van der Waals surface area contributed by atoms with Crippen LogP contribution in [0.5, 0.6) is 0 Å². The van der Waals surface area contributed by atoms with Crippen LogP contribution in [0.2, 0.25) is 0 Å². The van der Waals surface area contributed by atoms with E-state index in [1.54, 1.807) is 29.3 Å². The van der Waals surface area contributed by atoms with Crippen LogP contribution >= 0.6 is 0 Å². The molecule has 2 aliphatic heterocycles. The molecule has 2 fully saturated rings. The third-order valence-electron chi connectivity index (χ3n) is 5.29. The van der Waals surface area contributed by atoms with Crippen molar-refractivity contribution in [2.24, 2.45) is 7.05 Å². The van der Waals surface area contributed by atoms with Crippen molar-refractivity contribution in [1.29, 1.82) is 0 Å². The number of likely N-dealkylation sites (tertiary alicyclic amines) is 1. The lowest BCUT2D eigenvalue weighted by Crippen LogP contribution is -2.52. The van der Waals surface area contributed by atoms with E-state index in [0.29, 0.717) is 30.8 Å². The molecule has 0 unspecified atom stereocenters. The fourth-order valence-electron chi connectivity index (χ4n) is 3.86. The third-order valence-corrected chi connectivity index (χ3v) is 5.29. The normalized spacial score (nSPS) is 22.3. The number of hydrogen-bond acceptors (Lipinski definition) is 6. The minimum atomic E-state index is -0.161. The highest BCUT2D eigenvalue weighted by molar-refractivity contribution is 5.92. The molecule has 2 aliphatic rings. The highest BCUT2D eigenvalue weighted by Gasteiger charge is 2.41. The first-order chi connectivity index (χ1) is 12.6. The minimum absolute atomic E-state index is 0.00335. The van der Waals surface area contributed by atoms with Crippen molar-refractivity contribution in [3.63, 3.8) is 0 Å². The number of amides is 1. The molecule has 0 aromatic carbocycles. The van der Waals surface area contributed by atoms with E-state index in [0.717, 1.165) is 32.3 Å². The Morgan fingerprint density at radius 1 is 1.31 bits per heavy atom. The van der Waals surface area contributed by atoms with Crippen molar-refractivity contribution in [1.82, 2.24) is 24.6 Å². The second-order valence-electron chi connectivity index (χ2n) is 7.10. The highest BCUT2D eigenvalue weighted by Crippen LogP contribution is 2.36. The number of carbonyl (C=O) groups is 1. The maximum Gasteiger partial charge on any atom is 0.274 e. The molecule has 1 N–H and O–H groups in total. The lowest BCUT2D eigenvalue weighted by atomic mass is 9.82. The van der Waals surface area contributed by atoms with E-state index in [1.165, 1.54) is 0 Å². The molecule has 8 nitrogen and oxygen atoms in total. The Morgan fingerprint density at radius 2 is 2.08 bits per heavy atom. The number of ether oxygens (including phenoxy) is 1. The van der Waals surface area contributed by atoms with E-state index in [9.17, 15) is 4.79 Å². The van der Waals surface area contributed by atoms with Crippen molar-refractivity contribution in [2.45, 2.75) is 37.3 Å². The van der Waals surface area contributed by atoms with Gasteiger partial charge in [0.1, 0.15) is 5.69 Å². The Balaban J connectivity index is 1.36. The number of hydrogen-bond donors (Lipinski definition) is 1. The van der Waals surface area contributed by atoms with Gasteiger partial charge < -0.3 is 15.0 Å². The molecule has 2 aromatic heterocycles. The van der Waals surface area contributed by atoms with E-state index < -0.39 is 0 Å². The van der Waals surface area contributed by atoms with E-state index in [-0.39, 0.29) is 11.5 Å². The quantitative estimate of drug-likeness (QED) is 0.897. The van der Waals surface area contributed by atoms with Gasteiger partial charge in [0.15, 0.2) is 0 Å². The Hall–Kier alpha value is -2.48. The molecule has 1 spiro atoms. The summed E-state index contributed by atoms with van der Waals surface area (Å²) in [6.07, 6.45) is 8.83. The number of carbonyl (C=O) groups excluding carboxylic acids is 1. The summed E-state index contributed by atoms with van der Waals surface area (Å²) in [7, 11) is 1.82. The molecular weight excluding hydrogens is 332 g/mol. The molecular formula is C18H24N6O2. The molecule has 0 radical (unpaired) electrons. The summed E-state index contributed by atoms with van der Waals surface area (Å²) in [6.45, 7) is 2.12. The Morgan fingerprint density at radius 3 is 2.77 bits per heavy atom. The maximum atomic E-state index is 12.6. The first kappa shape index (κ1) is 17.0. The first-order valence-electron chi connectivity index (χ1n) is 9.10. The van der Waals surface area contributed by atoms with Gasteiger partial charge in [-0.1, -0.05) is 0 Å². The number of aryl methyl sites for hydroxylation is 1. The van der Waals surface area contributed by atoms with Crippen LogP contribution in [-0.4, -0.2) is 61.9 Å². The summed E-state index contributed by atoms with van der Waals surface area (Å²) in [5.41, 5.74) is 0.347. The van der Waals surface area contributed by atoms with Gasteiger partial charge >= 0.3 is 0 Å². The van der Waals surface area contributed by atoms with Crippen LogP contribution < -0.4 is 5.32 Å². The van der Waals surface area contributed by atoms with Gasteiger partial charge in [-0.3, -0.25) is 9.48 Å². The first-order valence-corrected chi connectivity index (χ1v) is 9.10. The van der Waals surface area contributed by atoms with E-state index in [2.05, 4.69) is 20.4 Å². The van der Waals surface area contributed by atoms with Gasteiger partial charge in [-0.05, 0) is 37.8 Å². The summed E-state index contributed by atoms with van der Waals surface area (Å²) in [5.74, 6) is 0.668. The van der Waals surface area contributed by atoms with Gasteiger partial charge in [-0.25, -0.2) is 9.97 Å². The number of aromatic nitrogens is 4. The summed E-state index contributed by atoms with van der Waals surface area (Å²) in [5, 5.41) is 7.64. The molecule has 26 heavy (non-hydrogen) atoms. The monoisotopic (exact) mass is 356 g/mol. The van der Waals surface area contributed by atoms with Crippen molar-refractivity contribution in [3.05, 3.63) is 36.4 Å². The Kier molecular flexibility index (Phi) is 4.58. The predicted octanol–water partition coefficient (Wildman–Crippen LogP) is 1.48. The lowest BCUT2D eigenvalue weighted by Gasteiger charge is -2.46. The summed E-state index contributed by atoms with van der Waals surface area (Å²) < 4.78 is 7.83. The van der Waals surface area contributed by atoms with E-state index >= 15 is 0 Å². The molecule has 2 saturated heterocycles. The van der Waals surface area contributed by atoms with E-state index in [1.807, 2.05) is 18.0 Å². The largest absolute Gasteiger partial charge is 0.375 e. The van der Waals surface area contributed by atoms with Gasteiger partial charge in [-0.15, -0.1) is 0 Å². The fourth-order valence-corrected chi connectivity index (χ4v) is 3.86. The average molecular weight is 356 g/mol. The van der Waals surface area contributed by atoms with E-state index in [4.69, 9.17) is 4.74 Å². The molecule has 2 aromatic rings. The van der Waals surface area contributed by atoms with Gasteiger partial charge in [-0.2, -0.15) is 5.10 Å². The zero-order chi connectivity index (χ0) is 18.0. The molecule has 0 saturated carbocycles. The fraction of sp³-hybridized carbons (Fsp3) is 0.556. The van der Waals surface area contributed by atoms with Gasteiger partial charge in [0.2, 0.25) is 5.95 Å². The van der Waals surface area contributed by atoms with Crippen LogP contribution in [-0.2, 0) is 11.8 Å². The number of anilines is 1.